The lowest BCUT2D eigenvalue weighted by Crippen LogP contribution is -2.23. The first-order valence-electron chi connectivity index (χ1n) is 9.12. The Hall–Kier alpha value is -3.55. The summed E-state index contributed by atoms with van der Waals surface area (Å²) in [5.41, 5.74) is 1.27. The minimum absolute atomic E-state index is 0.0398. The van der Waals surface area contributed by atoms with Crippen LogP contribution in [0.3, 0.4) is 0 Å². The van der Waals surface area contributed by atoms with Gasteiger partial charge in [-0.1, -0.05) is 58.7 Å². The average Bonchev–Trinajstić information content (AvgIpc) is 3.28. The zero-order chi connectivity index (χ0) is 21.8. The highest BCUT2D eigenvalue weighted by Gasteiger charge is 2.18. The molecule has 3 aromatic carbocycles. The number of phenolic OH excluding ortho intramolecular Hbond substituents is 1. The van der Waals surface area contributed by atoms with Gasteiger partial charge in [0.1, 0.15) is 11.5 Å². The molecule has 1 aromatic heterocycles. The fraction of sp³-hybridized carbons (Fsp3) is 0.0455. The highest BCUT2D eigenvalue weighted by molar-refractivity contribution is 6.37. The predicted molar refractivity (Wildman–Crippen MR) is 116 cm³/mol. The number of ether oxygens (including phenoxy) is 1. The molecular formula is C22H15Cl2N3O4. The van der Waals surface area contributed by atoms with Crippen LogP contribution in [0, 0.1) is 0 Å². The normalized spacial score (nSPS) is 10.6. The molecule has 0 saturated heterocycles. The molecule has 2 N–H and O–H groups in total. The molecule has 4 rings (SSSR count). The number of aromatic nitrogens is 2. The second-order valence-electron chi connectivity index (χ2n) is 6.45. The molecule has 4 aromatic rings. The molecule has 0 aliphatic heterocycles. The van der Waals surface area contributed by atoms with Gasteiger partial charge in [-0.3, -0.25) is 4.79 Å². The summed E-state index contributed by atoms with van der Waals surface area (Å²) in [5.74, 6) is 0.574. The number of carbonyl (C=O) groups is 1. The Kier molecular flexibility index (Phi) is 6.06. The first-order valence-corrected chi connectivity index (χ1v) is 9.87. The van der Waals surface area contributed by atoms with E-state index in [1.807, 2.05) is 54.6 Å². The summed E-state index contributed by atoms with van der Waals surface area (Å²) in [6, 6.07) is 19.6. The molecule has 0 aliphatic rings. The molecular weight excluding hydrogens is 441 g/mol. The minimum atomic E-state index is -0.528. The predicted octanol–water partition coefficient (Wildman–Crippen LogP) is 5.47. The number of halogens is 2. The first kappa shape index (κ1) is 20.7. The van der Waals surface area contributed by atoms with Crippen LogP contribution in [0.25, 0.3) is 11.4 Å². The number of amides is 1. The van der Waals surface area contributed by atoms with E-state index in [-0.39, 0.29) is 34.1 Å². The van der Waals surface area contributed by atoms with Crippen molar-refractivity contribution in [2.24, 2.45) is 0 Å². The standard InChI is InChI=1S/C22H15Cl2N3O4/c23-17-10-14(11-18(24)19(17)28)20-26-22(31-27-20)21(29)25-12-13-6-8-16(9-7-13)30-15-4-2-1-3-5-15/h1-11,28H,12H2,(H,25,29). The largest absolute Gasteiger partial charge is 0.505 e. The number of nitrogens with zero attached hydrogens (tertiary/aromatic N) is 2. The van der Waals surface area contributed by atoms with Crippen molar-refractivity contribution in [3.05, 3.63) is 88.2 Å². The lowest BCUT2D eigenvalue weighted by Gasteiger charge is -2.07. The number of aromatic hydroxyl groups is 1. The van der Waals surface area contributed by atoms with E-state index in [0.717, 1.165) is 11.3 Å². The Bertz CT molecular complexity index is 1190. The lowest BCUT2D eigenvalue weighted by atomic mass is 10.2. The monoisotopic (exact) mass is 455 g/mol. The van der Waals surface area contributed by atoms with Gasteiger partial charge < -0.3 is 19.7 Å². The number of para-hydroxylation sites is 1. The zero-order valence-electron chi connectivity index (χ0n) is 15.9. The quantitative estimate of drug-likeness (QED) is 0.399. The number of carbonyl (C=O) groups excluding carboxylic acids is 1. The van der Waals surface area contributed by atoms with Gasteiger partial charge in [0.15, 0.2) is 5.75 Å². The molecule has 0 saturated carbocycles. The van der Waals surface area contributed by atoms with Crippen molar-refractivity contribution in [2.75, 3.05) is 0 Å². The maximum Gasteiger partial charge on any atom is 0.316 e. The van der Waals surface area contributed by atoms with E-state index in [1.54, 1.807) is 0 Å². The van der Waals surface area contributed by atoms with Gasteiger partial charge in [0.2, 0.25) is 5.82 Å². The fourth-order valence-electron chi connectivity index (χ4n) is 2.69. The minimum Gasteiger partial charge on any atom is -0.505 e. The van der Waals surface area contributed by atoms with Crippen LogP contribution < -0.4 is 10.1 Å². The van der Waals surface area contributed by atoms with Crippen molar-refractivity contribution < 1.29 is 19.2 Å². The highest BCUT2D eigenvalue weighted by Crippen LogP contribution is 2.35. The lowest BCUT2D eigenvalue weighted by molar-refractivity contribution is 0.0907. The molecule has 0 bridgehead atoms. The van der Waals surface area contributed by atoms with E-state index in [2.05, 4.69) is 15.5 Å². The molecule has 0 spiro atoms. The van der Waals surface area contributed by atoms with Gasteiger partial charge in [0, 0.05) is 12.1 Å². The third-order valence-electron chi connectivity index (χ3n) is 4.25. The molecule has 31 heavy (non-hydrogen) atoms. The molecule has 9 heteroatoms. The SMILES string of the molecule is O=C(NCc1ccc(Oc2ccccc2)cc1)c1nc(-c2cc(Cl)c(O)c(Cl)c2)no1. The fourth-order valence-corrected chi connectivity index (χ4v) is 3.17. The van der Waals surface area contributed by atoms with Crippen LogP contribution in [0.1, 0.15) is 16.2 Å². The molecule has 0 radical (unpaired) electrons. The summed E-state index contributed by atoms with van der Waals surface area (Å²) < 4.78 is 10.8. The molecule has 0 fully saturated rings. The number of hydrogen-bond acceptors (Lipinski definition) is 6. The topological polar surface area (TPSA) is 97.5 Å². The second-order valence-corrected chi connectivity index (χ2v) is 7.27. The van der Waals surface area contributed by atoms with Crippen molar-refractivity contribution in [2.45, 2.75) is 6.54 Å². The van der Waals surface area contributed by atoms with Crippen molar-refractivity contribution in [1.29, 1.82) is 0 Å². The third kappa shape index (κ3) is 4.96. The number of rotatable bonds is 6. The Labute approximate surface area is 187 Å². The van der Waals surface area contributed by atoms with Gasteiger partial charge in [-0.05, 0) is 42.0 Å². The van der Waals surface area contributed by atoms with E-state index in [9.17, 15) is 9.90 Å². The highest BCUT2D eigenvalue weighted by atomic mass is 35.5. The number of benzene rings is 3. The summed E-state index contributed by atoms with van der Waals surface area (Å²) in [6.45, 7) is 0.263. The second kappa shape index (κ2) is 9.07. The summed E-state index contributed by atoms with van der Waals surface area (Å²) >= 11 is 11.8. The average molecular weight is 456 g/mol. The third-order valence-corrected chi connectivity index (χ3v) is 4.83. The summed E-state index contributed by atoms with van der Waals surface area (Å²) in [5, 5.41) is 16.2. The maximum absolute atomic E-state index is 12.3. The van der Waals surface area contributed by atoms with Crippen LogP contribution in [0.5, 0.6) is 17.2 Å². The van der Waals surface area contributed by atoms with Crippen molar-refractivity contribution in [3.8, 4) is 28.6 Å². The van der Waals surface area contributed by atoms with E-state index >= 15 is 0 Å². The van der Waals surface area contributed by atoms with Gasteiger partial charge in [-0.25, -0.2) is 0 Å². The van der Waals surface area contributed by atoms with E-state index in [1.165, 1.54) is 12.1 Å². The molecule has 156 valence electrons. The van der Waals surface area contributed by atoms with E-state index in [4.69, 9.17) is 32.5 Å². The van der Waals surface area contributed by atoms with Gasteiger partial charge in [-0.15, -0.1) is 0 Å². The van der Waals surface area contributed by atoms with Crippen LogP contribution in [0.4, 0.5) is 0 Å². The number of nitrogens with one attached hydrogen (secondary N) is 1. The van der Waals surface area contributed by atoms with Gasteiger partial charge in [0.05, 0.1) is 10.0 Å². The van der Waals surface area contributed by atoms with Gasteiger partial charge >= 0.3 is 11.8 Å². The van der Waals surface area contributed by atoms with Crippen molar-refractivity contribution in [3.63, 3.8) is 0 Å². The Balaban J connectivity index is 1.37. The summed E-state index contributed by atoms with van der Waals surface area (Å²) in [4.78, 5) is 16.4. The van der Waals surface area contributed by atoms with Crippen LogP contribution in [-0.4, -0.2) is 21.2 Å². The smallest absolute Gasteiger partial charge is 0.316 e. The molecule has 0 unspecified atom stereocenters. The molecule has 0 atom stereocenters. The molecule has 0 aliphatic carbocycles. The Morgan fingerprint density at radius 3 is 2.32 bits per heavy atom. The molecule has 1 amide bonds. The van der Waals surface area contributed by atoms with Crippen LogP contribution in [0.15, 0.2) is 71.3 Å². The zero-order valence-corrected chi connectivity index (χ0v) is 17.4. The van der Waals surface area contributed by atoms with Crippen molar-refractivity contribution >= 4 is 29.1 Å². The Morgan fingerprint density at radius 2 is 1.65 bits per heavy atom. The Morgan fingerprint density at radius 1 is 1.00 bits per heavy atom. The van der Waals surface area contributed by atoms with Crippen LogP contribution in [-0.2, 0) is 6.54 Å². The van der Waals surface area contributed by atoms with E-state index in [0.29, 0.717) is 11.3 Å². The van der Waals surface area contributed by atoms with Crippen LogP contribution >= 0.6 is 23.2 Å². The van der Waals surface area contributed by atoms with Gasteiger partial charge in [0.25, 0.3) is 0 Å². The number of phenols is 1. The number of hydrogen-bond donors (Lipinski definition) is 2. The molecule has 1 heterocycles. The molecule has 7 nitrogen and oxygen atoms in total. The first-order chi connectivity index (χ1) is 15.0. The maximum atomic E-state index is 12.3. The van der Waals surface area contributed by atoms with Gasteiger partial charge in [-0.2, -0.15) is 4.98 Å². The summed E-state index contributed by atoms with van der Waals surface area (Å²) in [7, 11) is 0. The summed E-state index contributed by atoms with van der Waals surface area (Å²) in [6.07, 6.45) is 0. The van der Waals surface area contributed by atoms with E-state index < -0.39 is 5.91 Å². The van der Waals surface area contributed by atoms with Crippen LogP contribution in [0.2, 0.25) is 10.0 Å². The van der Waals surface area contributed by atoms with Crippen molar-refractivity contribution in [1.82, 2.24) is 15.5 Å².